The first-order chi connectivity index (χ1) is 9.72. The summed E-state index contributed by atoms with van der Waals surface area (Å²) in [6.07, 6.45) is 11.1. The molecule has 0 spiro atoms. The number of aromatic nitrogens is 2. The van der Waals surface area contributed by atoms with Gasteiger partial charge < -0.3 is 10.1 Å². The van der Waals surface area contributed by atoms with Crippen LogP contribution >= 0.6 is 0 Å². The highest BCUT2D eigenvalue weighted by Crippen LogP contribution is 2.08. The van der Waals surface area contributed by atoms with Gasteiger partial charge in [-0.15, -0.1) is 0 Å². The molecule has 0 bridgehead atoms. The lowest BCUT2D eigenvalue weighted by molar-refractivity contribution is 0.290. The molecule has 1 rings (SSSR count). The third kappa shape index (κ3) is 8.10. The van der Waals surface area contributed by atoms with Gasteiger partial charge in [0.2, 0.25) is 5.88 Å². The molecule has 20 heavy (non-hydrogen) atoms. The molecule has 0 aliphatic carbocycles. The van der Waals surface area contributed by atoms with Crippen molar-refractivity contribution in [3.63, 3.8) is 0 Å². The molecule has 0 radical (unpaired) electrons. The smallest absolute Gasteiger partial charge is 0.232 e. The molecule has 0 saturated carbocycles. The van der Waals surface area contributed by atoms with Crippen LogP contribution in [0.1, 0.15) is 65.0 Å². The second-order valence-electron chi connectivity index (χ2n) is 5.50. The van der Waals surface area contributed by atoms with Crippen molar-refractivity contribution >= 4 is 0 Å². The largest absolute Gasteiger partial charge is 0.477 e. The maximum Gasteiger partial charge on any atom is 0.232 e. The van der Waals surface area contributed by atoms with Gasteiger partial charge in [-0.2, -0.15) is 0 Å². The molecular formula is C16H29N3O. The highest BCUT2D eigenvalue weighted by atomic mass is 16.5. The van der Waals surface area contributed by atoms with Crippen LogP contribution in [0, 0.1) is 0 Å². The van der Waals surface area contributed by atoms with Crippen LogP contribution in [0.4, 0.5) is 0 Å². The zero-order chi connectivity index (χ0) is 14.6. The van der Waals surface area contributed by atoms with Crippen molar-refractivity contribution in [2.24, 2.45) is 0 Å². The van der Waals surface area contributed by atoms with Gasteiger partial charge in [0.1, 0.15) is 0 Å². The Balaban J connectivity index is 2.18. The van der Waals surface area contributed by atoms with E-state index in [1.807, 2.05) is 0 Å². The Morgan fingerprint density at radius 1 is 1.10 bits per heavy atom. The van der Waals surface area contributed by atoms with Crippen molar-refractivity contribution in [1.82, 2.24) is 15.3 Å². The first kappa shape index (κ1) is 16.9. The summed E-state index contributed by atoms with van der Waals surface area (Å²) in [4.78, 5) is 8.62. The Hall–Kier alpha value is -1.16. The zero-order valence-corrected chi connectivity index (χ0v) is 13.2. The van der Waals surface area contributed by atoms with E-state index in [1.165, 1.54) is 32.1 Å². The lowest BCUT2D eigenvalue weighted by atomic mass is 10.1. The lowest BCUT2D eigenvalue weighted by Crippen LogP contribution is -2.22. The van der Waals surface area contributed by atoms with Crippen LogP contribution in [-0.2, 0) is 6.54 Å². The van der Waals surface area contributed by atoms with E-state index in [4.69, 9.17) is 4.74 Å². The molecule has 1 aromatic heterocycles. The maximum absolute atomic E-state index is 5.66. The molecular weight excluding hydrogens is 250 g/mol. The van der Waals surface area contributed by atoms with Gasteiger partial charge in [-0.05, 0) is 6.42 Å². The van der Waals surface area contributed by atoms with Gasteiger partial charge in [-0.1, -0.05) is 52.9 Å². The standard InChI is InChI=1S/C16H29N3O/c1-4-5-6-7-8-9-10-20-16-13-17-11-15(19-16)12-18-14(2)3/h11,13-14,18H,4-10,12H2,1-3H3. The van der Waals surface area contributed by atoms with Gasteiger partial charge in [-0.3, -0.25) is 4.98 Å². The number of rotatable bonds is 11. The average Bonchev–Trinajstić information content (AvgIpc) is 2.45. The first-order valence-electron chi connectivity index (χ1n) is 7.89. The van der Waals surface area contributed by atoms with E-state index in [1.54, 1.807) is 12.4 Å². The van der Waals surface area contributed by atoms with E-state index in [0.29, 0.717) is 11.9 Å². The van der Waals surface area contributed by atoms with E-state index in [2.05, 4.69) is 36.1 Å². The van der Waals surface area contributed by atoms with E-state index >= 15 is 0 Å². The van der Waals surface area contributed by atoms with Crippen molar-refractivity contribution in [3.8, 4) is 5.88 Å². The molecule has 4 heteroatoms. The summed E-state index contributed by atoms with van der Waals surface area (Å²) in [5, 5.41) is 3.33. The van der Waals surface area contributed by atoms with Crippen LogP contribution in [0.2, 0.25) is 0 Å². The number of hydrogen-bond donors (Lipinski definition) is 1. The lowest BCUT2D eigenvalue weighted by Gasteiger charge is -2.09. The molecule has 4 nitrogen and oxygen atoms in total. The Bertz CT molecular complexity index is 355. The van der Waals surface area contributed by atoms with Crippen molar-refractivity contribution in [3.05, 3.63) is 18.1 Å². The fourth-order valence-electron chi connectivity index (χ4n) is 1.91. The van der Waals surface area contributed by atoms with Crippen molar-refractivity contribution in [1.29, 1.82) is 0 Å². The second-order valence-corrected chi connectivity index (χ2v) is 5.50. The predicted octanol–water partition coefficient (Wildman–Crippen LogP) is 3.71. The second kappa shape index (κ2) is 10.6. The summed E-state index contributed by atoms with van der Waals surface area (Å²) in [5.74, 6) is 0.640. The van der Waals surface area contributed by atoms with Crippen LogP contribution in [0.5, 0.6) is 5.88 Å². The third-order valence-corrected chi connectivity index (χ3v) is 3.10. The Kier molecular flexibility index (Phi) is 8.96. The number of hydrogen-bond acceptors (Lipinski definition) is 4. The molecule has 1 N–H and O–H groups in total. The maximum atomic E-state index is 5.66. The Morgan fingerprint density at radius 3 is 2.60 bits per heavy atom. The van der Waals surface area contributed by atoms with Gasteiger partial charge in [0.05, 0.1) is 18.5 Å². The molecule has 0 amide bonds. The third-order valence-electron chi connectivity index (χ3n) is 3.10. The summed E-state index contributed by atoms with van der Waals surface area (Å²) in [7, 11) is 0. The molecule has 0 fully saturated rings. The van der Waals surface area contributed by atoms with E-state index in [9.17, 15) is 0 Å². The molecule has 0 unspecified atom stereocenters. The fourth-order valence-corrected chi connectivity index (χ4v) is 1.91. The van der Waals surface area contributed by atoms with Gasteiger partial charge >= 0.3 is 0 Å². The molecule has 1 heterocycles. The molecule has 0 aliphatic heterocycles. The van der Waals surface area contributed by atoms with Gasteiger partial charge in [0, 0.05) is 18.8 Å². The van der Waals surface area contributed by atoms with E-state index < -0.39 is 0 Å². The van der Waals surface area contributed by atoms with Crippen LogP contribution in [0.25, 0.3) is 0 Å². The minimum absolute atomic E-state index is 0.449. The zero-order valence-electron chi connectivity index (χ0n) is 13.2. The normalized spacial score (nSPS) is 11.0. The SMILES string of the molecule is CCCCCCCCOc1cncc(CNC(C)C)n1. The van der Waals surface area contributed by atoms with Crippen LogP contribution < -0.4 is 10.1 Å². The summed E-state index contributed by atoms with van der Waals surface area (Å²) < 4.78 is 5.66. The molecule has 0 atom stereocenters. The quantitative estimate of drug-likeness (QED) is 0.627. The minimum atomic E-state index is 0.449. The van der Waals surface area contributed by atoms with Crippen LogP contribution in [-0.4, -0.2) is 22.6 Å². The first-order valence-corrected chi connectivity index (χ1v) is 7.89. The predicted molar refractivity (Wildman–Crippen MR) is 82.9 cm³/mol. The Morgan fingerprint density at radius 2 is 1.85 bits per heavy atom. The van der Waals surface area contributed by atoms with Crippen molar-refractivity contribution in [2.45, 2.75) is 71.9 Å². The highest BCUT2D eigenvalue weighted by Gasteiger charge is 2.01. The topological polar surface area (TPSA) is 47.0 Å². The van der Waals surface area contributed by atoms with Crippen molar-refractivity contribution in [2.75, 3.05) is 6.61 Å². The molecule has 0 aromatic carbocycles. The van der Waals surface area contributed by atoms with Gasteiger partial charge in [-0.25, -0.2) is 4.98 Å². The summed E-state index contributed by atoms with van der Waals surface area (Å²) in [5.41, 5.74) is 0.930. The number of ether oxygens (including phenoxy) is 1. The van der Waals surface area contributed by atoms with Crippen LogP contribution in [0.3, 0.4) is 0 Å². The van der Waals surface area contributed by atoms with Gasteiger partial charge in [0.15, 0.2) is 0 Å². The number of nitrogens with zero attached hydrogens (tertiary/aromatic N) is 2. The summed E-state index contributed by atoms with van der Waals surface area (Å²) in [6, 6.07) is 0.449. The van der Waals surface area contributed by atoms with Crippen molar-refractivity contribution < 1.29 is 4.74 Å². The van der Waals surface area contributed by atoms with E-state index in [0.717, 1.165) is 25.3 Å². The molecule has 1 aromatic rings. The monoisotopic (exact) mass is 279 g/mol. The molecule has 114 valence electrons. The average molecular weight is 279 g/mol. The summed E-state index contributed by atoms with van der Waals surface area (Å²) in [6.45, 7) is 7.95. The van der Waals surface area contributed by atoms with Crippen LogP contribution in [0.15, 0.2) is 12.4 Å². The number of unbranched alkanes of at least 4 members (excludes halogenated alkanes) is 5. The minimum Gasteiger partial charge on any atom is -0.477 e. The van der Waals surface area contributed by atoms with Gasteiger partial charge in [0.25, 0.3) is 0 Å². The Labute approximate surface area is 123 Å². The number of nitrogens with one attached hydrogen (secondary N) is 1. The fraction of sp³-hybridized carbons (Fsp3) is 0.750. The highest BCUT2D eigenvalue weighted by molar-refractivity contribution is 5.08. The molecule has 0 aliphatic rings. The molecule has 0 saturated heterocycles. The summed E-state index contributed by atoms with van der Waals surface area (Å²) >= 11 is 0. The van der Waals surface area contributed by atoms with E-state index in [-0.39, 0.29) is 0 Å².